The molecule has 1 aliphatic rings. The van der Waals surface area contributed by atoms with Gasteiger partial charge in [0.25, 0.3) is 0 Å². The van der Waals surface area contributed by atoms with Crippen LogP contribution < -0.4 is 0 Å². The first-order valence-electron chi connectivity index (χ1n) is 4.51. The monoisotopic (exact) mass is 282 g/mol. The lowest BCUT2D eigenvalue weighted by Gasteiger charge is -2.25. The van der Waals surface area contributed by atoms with Crippen molar-refractivity contribution in [3.8, 4) is 0 Å². The van der Waals surface area contributed by atoms with Crippen molar-refractivity contribution in [3.05, 3.63) is 0 Å². The number of halogens is 1. The van der Waals surface area contributed by atoms with Gasteiger partial charge in [-0.05, 0) is 25.7 Å². The number of hydrogen-bond donors (Lipinski definition) is 0. The number of carbonyl (C=O) groups excluding carboxylic acids is 1. The predicted molar refractivity (Wildman–Crippen MR) is 56.4 cm³/mol. The molecule has 0 N–H and O–H groups in total. The Morgan fingerprint density at radius 2 is 2.17 bits per heavy atom. The maximum atomic E-state index is 10.9. The first kappa shape index (κ1) is 10.4. The molecular formula is C9H15IO2. The van der Waals surface area contributed by atoms with Crippen LogP contribution >= 0.6 is 22.6 Å². The maximum absolute atomic E-state index is 10.9. The summed E-state index contributed by atoms with van der Waals surface area (Å²) in [4.78, 5) is 10.9. The summed E-state index contributed by atoms with van der Waals surface area (Å²) in [5, 5.41) is 0. The third-order valence-corrected chi connectivity index (χ3v) is 3.66. The second-order valence-electron chi connectivity index (χ2n) is 3.18. The Balaban J connectivity index is 2.28. The van der Waals surface area contributed by atoms with E-state index in [9.17, 15) is 4.79 Å². The highest BCUT2D eigenvalue weighted by molar-refractivity contribution is 14.1. The average molecular weight is 282 g/mol. The van der Waals surface area contributed by atoms with Gasteiger partial charge in [0.2, 0.25) is 0 Å². The van der Waals surface area contributed by atoms with E-state index in [0.29, 0.717) is 15.8 Å². The molecule has 0 amide bonds. The van der Waals surface area contributed by atoms with Crippen LogP contribution in [0, 0.1) is 5.92 Å². The molecule has 1 saturated carbocycles. The number of ether oxygens (including phenoxy) is 1. The minimum Gasteiger partial charge on any atom is -0.368 e. The van der Waals surface area contributed by atoms with E-state index in [1.54, 1.807) is 0 Å². The summed E-state index contributed by atoms with van der Waals surface area (Å²) in [5.74, 6) is 1.02. The van der Waals surface area contributed by atoms with Crippen LogP contribution in [0.2, 0.25) is 0 Å². The van der Waals surface area contributed by atoms with E-state index in [1.165, 1.54) is 0 Å². The molecule has 0 bridgehead atoms. The first-order valence-corrected chi connectivity index (χ1v) is 5.76. The largest absolute Gasteiger partial charge is 0.368 e. The third-order valence-electron chi connectivity index (χ3n) is 2.28. The minimum atomic E-state index is 0.306. The van der Waals surface area contributed by atoms with Crippen molar-refractivity contribution in [2.75, 3.05) is 6.61 Å². The topological polar surface area (TPSA) is 26.3 Å². The zero-order valence-electron chi connectivity index (χ0n) is 7.38. The van der Waals surface area contributed by atoms with Gasteiger partial charge in [-0.15, -0.1) is 0 Å². The number of rotatable bonds is 3. The fourth-order valence-electron chi connectivity index (χ4n) is 1.52. The molecule has 0 radical (unpaired) electrons. The van der Waals surface area contributed by atoms with Crippen LogP contribution in [0.3, 0.4) is 0 Å². The maximum Gasteiger partial charge on any atom is 0.132 e. The van der Waals surface area contributed by atoms with Gasteiger partial charge in [-0.3, -0.25) is 4.79 Å². The lowest BCUT2D eigenvalue weighted by atomic mass is 9.89. The second kappa shape index (κ2) is 5.17. The molecule has 1 rings (SSSR count). The average Bonchev–Trinajstić information content (AvgIpc) is 2.06. The summed E-state index contributed by atoms with van der Waals surface area (Å²) in [5.41, 5.74) is 0. The molecule has 1 aliphatic carbocycles. The number of Topliss-reactive ketones (excluding diaryl/α,β-unsaturated/α-hetero) is 1. The number of ketones is 1. The SMILES string of the molecule is CCOC(I)C1CCC(=O)CC1. The van der Waals surface area contributed by atoms with Crippen LogP contribution in [-0.2, 0) is 9.53 Å². The van der Waals surface area contributed by atoms with Crippen molar-refractivity contribution in [1.29, 1.82) is 0 Å². The molecule has 0 saturated heterocycles. The molecule has 70 valence electrons. The molecule has 1 unspecified atom stereocenters. The van der Waals surface area contributed by atoms with Gasteiger partial charge >= 0.3 is 0 Å². The smallest absolute Gasteiger partial charge is 0.132 e. The number of alkyl halides is 1. The van der Waals surface area contributed by atoms with Crippen LogP contribution in [0.25, 0.3) is 0 Å². The number of hydrogen-bond acceptors (Lipinski definition) is 2. The van der Waals surface area contributed by atoms with E-state index in [2.05, 4.69) is 22.6 Å². The van der Waals surface area contributed by atoms with Crippen molar-refractivity contribution in [3.63, 3.8) is 0 Å². The molecule has 0 aromatic rings. The third kappa shape index (κ3) is 3.01. The first-order chi connectivity index (χ1) is 5.74. The Kier molecular flexibility index (Phi) is 4.50. The second-order valence-corrected chi connectivity index (χ2v) is 4.41. The summed E-state index contributed by atoms with van der Waals surface area (Å²) in [6.07, 6.45) is 3.56. The fraction of sp³-hybridized carbons (Fsp3) is 0.889. The summed E-state index contributed by atoms with van der Waals surface area (Å²) < 4.78 is 5.80. The van der Waals surface area contributed by atoms with E-state index in [1.807, 2.05) is 6.92 Å². The quantitative estimate of drug-likeness (QED) is 0.587. The number of carbonyl (C=O) groups is 1. The van der Waals surface area contributed by atoms with Crippen molar-refractivity contribution < 1.29 is 9.53 Å². The zero-order chi connectivity index (χ0) is 8.97. The standard InChI is InChI=1S/C9H15IO2/c1-2-12-9(10)7-3-5-8(11)6-4-7/h7,9H,2-6H2,1H3. The lowest BCUT2D eigenvalue weighted by Crippen LogP contribution is -2.23. The van der Waals surface area contributed by atoms with Crippen molar-refractivity contribution >= 4 is 28.4 Å². The summed E-state index contributed by atoms with van der Waals surface area (Å²) >= 11 is 2.33. The van der Waals surface area contributed by atoms with Gasteiger partial charge in [0.1, 0.15) is 9.89 Å². The van der Waals surface area contributed by atoms with E-state index >= 15 is 0 Å². The van der Waals surface area contributed by atoms with Gasteiger partial charge in [-0.2, -0.15) is 0 Å². The molecule has 2 nitrogen and oxygen atoms in total. The Hall–Kier alpha value is 0.360. The van der Waals surface area contributed by atoms with E-state index in [0.717, 1.165) is 32.3 Å². The van der Waals surface area contributed by atoms with Crippen molar-refractivity contribution in [2.45, 2.75) is 36.7 Å². The Bertz CT molecular complexity index is 149. The van der Waals surface area contributed by atoms with E-state index < -0.39 is 0 Å². The summed E-state index contributed by atoms with van der Waals surface area (Å²) in [6.45, 7) is 2.79. The molecule has 0 heterocycles. The van der Waals surface area contributed by atoms with Gasteiger partial charge in [-0.1, -0.05) is 22.6 Å². The van der Waals surface area contributed by atoms with Gasteiger partial charge in [0.15, 0.2) is 0 Å². The molecule has 1 atom stereocenters. The molecule has 0 aromatic carbocycles. The highest BCUT2D eigenvalue weighted by Gasteiger charge is 2.24. The van der Waals surface area contributed by atoms with E-state index in [4.69, 9.17) is 4.74 Å². The van der Waals surface area contributed by atoms with E-state index in [-0.39, 0.29) is 0 Å². The van der Waals surface area contributed by atoms with Crippen molar-refractivity contribution in [1.82, 2.24) is 0 Å². The van der Waals surface area contributed by atoms with Gasteiger partial charge in [0.05, 0.1) is 0 Å². The van der Waals surface area contributed by atoms with Gasteiger partial charge in [0, 0.05) is 19.4 Å². The molecule has 0 aromatic heterocycles. The predicted octanol–water partition coefficient (Wildman–Crippen LogP) is 2.54. The van der Waals surface area contributed by atoms with Crippen molar-refractivity contribution in [2.24, 2.45) is 5.92 Å². The minimum absolute atomic E-state index is 0.306. The van der Waals surface area contributed by atoms with Crippen LogP contribution in [0.5, 0.6) is 0 Å². The highest BCUT2D eigenvalue weighted by Crippen LogP contribution is 2.29. The summed E-state index contributed by atoms with van der Waals surface area (Å²) in [6, 6.07) is 0. The molecule has 12 heavy (non-hydrogen) atoms. The lowest BCUT2D eigenvalue weighted by molar-refractivity contribution is -0.121. The van der Waals surface area contributed by atoms with Crippen LogP contribution in [-0.4, -0.2) is 16.5 Å². The molecule has 1 fully saturated rings. The molecule has 0 spiro atoms. The zero-order valence-corrected chi connectivity index (χ0v) is 9.54. The normalized spacial score (nSPS) is 22.7. The molecule has 0 aliphatic heterocycles. The van der Waals surface area contributed by atoms with Crippen LogP contribution in [0.1, 0.15) is 32.6 Å². The highest BCUT2D eigenvalue weighted by atomic mass is 127. The molecular weight excluding hydrogens is 267 g/mol. The fourth-order valence-corrected chi connectivity index (χ4v) is 2.60. The van der Waals surface area contributed by atoms with Gasteiger partial charge < -0.3 is 4.74 Å². The summed E-state index contributed by atoms with van der Waals surface area (Å²) in [7, 11) is 0. The Morgan fingerprint density at radius 1 is 1.58 bits per heavy atom. The van der Waals surface area contributed by atoms with Crippen LogP contribution in [0.15, 0.2) is 0 Å². The van der Waals surface area contributed by atoms with Crippen LogP contribution in [0.4, 0.5) is 0 Å². The van der Waals surface area contributed by atoms with Gasteiger partial charge in [-0.25, -0.2) is 0 Å². The Morgan fingerprint density at radius 3 is 2.67 bits per heavy atom. The Labute approximate surface area is 87.2 Å². The molecule has 3 heteroatoms.